The highest BCUT2D eigenvalue weighted by Gasteiger charge is 2.11. The van der Waals surface area contributed by atoms with Crippen LogP contribution in [0, 0.1) is 0 Å². The molecule has 0 bridgehead atoms. The van der Waals surface area contributed by atoms with E-state index in [4.69, 9.17) is 14.4 Å². The van der Waals surface area contributed by atoms with Gasteiger partial charge in [0.2, 0.25) is 0 Å². The van der Waals surface area contributed by atoms with Crippen LogP contribution >= 0.6 is 22.7 Å². The van der Waals surface area contributed by atoms with Gasteiger partial charge in [0.15, 0.2) is 0 Å². The molecule has 0 N–H and O–H groups in total. The van der Waals surface area contributed by atoms with Crippen LogP contribution in [0.1, 0.15) is 21.5 Å². The van der Waals surface area contributed by atoms with Crippen molar-refractivity contribution in [3.63, 3.8) is 0 Å². The molecule has 3 heterocycles. The molecule has 5 rings (SSSR count). The first kappa shape index (κ1) is 18.0. The predicted molar refractivity (Wildman–Crippen MR) is 119 cm³/mol. The van der Waals surface area contributed by atoms with E-state index in [2.05, 4.69) is 35.0 Å². The smallest absolute Gasteiger partial charge is 0.111 e. The van der Waals surface area contributed by atoms with E-state index in [1.807, 2.05) is 48.5 Å². The fourth-order valence-corrected chi connectivity index (χ4v) is 4.80. The molecule has 0 saturated heterocycles. The number of hydrogen-bond donors (Lipinski definition) is 0. The number of hydrogen-bond acceptors (Lipinski definition) is 5. The maximum Gasteiger partial charge on any atom is 0.111 e. The molecule has 3 nitrogen and oxygen atoms in total. The standard InChI is InChI=1S/C24H18N2OS2/c1-3-7-17(8-4-1)21-15-28-23(25-21)13-19-11-12-20(27-19)14-24-26-22(16-29-24)18-9-5-2-6-10-18/h1-12,15-16H,13-14H2. The zero-order valence-electron chi connectivity index (χ0n) is 15.6. The second-order valence-corrected chi connectivity index (χ2v) is 8.59. The van der Waals surface area contributed by atoms with Crippen molar-refractivity contribution in [1.82, 2.24) is 9.97 Å². The average molecular weight is 415 g/mol. The minimum Gasteiger partial charge on any atom is -0.465 e. The van der Waals surface area contributed by atoms with Gasteiger partial charge in [-0.25, -0.2) is 9.97 Å². The van der Waals surface area contributed by atoms with Crippen LogP contribution in [0.4, 0.5) is 0 Å². The summed E-state index contributed by atoms with van der Waals surface area (Å²) in [7, 11) is 0. The number of nitrogens with zero attached hydrogens (tertiary/aromatic N) is 2. The highest BCUT2D eigenvalue weighted by Crippen LogP contribution is 2.26. The molecule has 0 amide bonds. The van der Waals surface area contributed by atoms with Gasteiger partial charge in [-0.15, -0.1) is 22.7 Å². The number of aromatic nitrogens is 2. The summed E-state index contributed by atoms with van der Waals surface area (Å²) >= 11 is 3.34. The van der Waals surface area contributed by atoms with Crippen LogP contribution in [0.2, 0.25) is 0 Å². The van der Waals surface area contributed by atoms with Crippen molar-refractivity contribution in [2.45, 2.75) is 12.8 Å². The molecule has 5 heteroatoms. The highest BCUT2D eigenvalue weighted by atomic mass is 32.1. The van der Waals surface area contributed by atoms with Gasteiger partial charge in [-0.05, 0) is 12.1 Å². The summed E-state index contributed by atoms with van der Waals surface area (Å²) < 4.78 is 6.05. The van der Waals surface area contributed by atoms with Crippen molar-refractivity contribution in [1.29, 1.82) is 0 Å². The van der Waals surface area contributed by atoms with Crippen LogP contribution in [0.25, 0.3) is 22.5 Å². The fourth-order valence-electron chi connectivity index (χ4n) is 3.18. The fraction of sp³-hybridized carbons (Fsp3) is 0.0833. The van der Waals surface area contributed by atoms with Crippen molar-refractivity contribution in [2.75, 3.05) is 0 Å². The Morgan fingerprint density at radius 3 is 1.48 bits per heavy atom. The Kier molecular flexibility index (Phi) is 5.07. The summed E-state index contributed by atoms with van der Waals surface area (Å²) in [6.45, 7) is 0. The third-order valence-corrected chi connectivity index (χ3v) is 6.31. The molecular weight excluding hydrogens is 396 g/mol. The van der Waals surface area contributed by atoms with E-state index in [1.54, 1.807) is 22.7 Å². The molecule has 0 saturated carbocycles. The monoisotopic (exact) mass is 414 g/mol. The minimum absolute atomic E-state index is 0.713. The van der Waals surface area contributed by atoms with E-state index in [0.717, 1.165) is 44.1 Å². The predicted octanol–water partition coefficient (Wildman–Crippen LogP) is 6.71. The summed E-state index contributed by atoms with van der Waals surface area (Å²) in [5.41, 5.74) is 4.34. The summed E-state index contributed by atoms with van der Waals surface area (Å²) in [5.74, 6) is 1.88. The first-order valence-electron chi connectivity index (χ1n) is 9.41. The molecule has 0 aliphatic heterocycles. The van der Waals surface area contributed by atoms with Gasteiger partial charge in [0.05, 0.1) is 24.2 Å². The van der Waals surface area contributed by atoms with Gasteiger partial charge < -0.3 is 4.42 Å². The maximum atomic E-state index is 6.05. The largest absolute Gasteiger partial charge is 0.465 e. The van der Waals surface area contributed by atoms with E-state index in [0.29, 0.717) is 12.8 Å². The van der Waals surface area contributed by atoms with E-state index < -0.39 is 0 Å². The Balaban J connectivity index is 1.26. The number of rotatable bonds is 6. The lowest BCUT2D eigenvalue weighted by Crippen LogP contribution is -1.87. The van der Waals surface area contributed by atoms with Gasteiger partial charge in [-0.2, -0.15) is 0 Å². The van der Waals surface area contributed by atoms with Crippen LogP contribution in [0.15, 0.2) is 88.0 Å². The third kappa shape index (κ3) is 4.21. The molecule has 0 unspecified atom stereocenters. The molecule has 0 fully saturated rings. The Bertz CT molecular complexity index is 1110. The second-order valence-electron chi connectivity index (χ2n) is 6.71. The van der Waals surface area contributed by atoms with Gasteiger partial charge in [-0.1, -0.05) is 60.7 Å². The number of furan rings is 1. The van der Waals surface area contributed by atoms with Gasteiger partial charge in [-0.3, -0.25) is 0 Å². The van der Waals surface area contributed by atoms with Crippen LogP contribution in [0.3, 0.4) is 0 Å². The topological polar surface area (TPSA) is 38.9 Å². The summed E-state index contributed by atoms with van der Waals surface area (Å²) in [6, 6.07) is 24.6. The lowest BCUT2D eigenvalue weighted by atomic mass is 10.2. The first-order valence-corrected chi connectivity index (χ1v) is 11.2. The molecule has 2 aromatic carbocycles. The first-order chi connectivity index (χ1) is 14.3. The van der Waals surface area contributed by atoms with Gasteiger partial charge in [0, 0.05) is 21.9 Å². The summed E-state index contributed by atoms with van der Waals surface area (Å²) in [6.07, 6.45) is 1.43. The van der Waals surface area contributed by atoms with Gasteiger partial charge in [0.1, 0.15) is 21.5 Å². The van der Waals surface area contributed by atoms with Crippen LogP contribution in [0.5, 0.6) is 0 Å². The molecule has 142 valence electrons. The normalized spacial score (nSPS) is 11.0. The van der Waals surface area contributed by atoms with Crippen molar-refractivity contribution < 1.29 is 4.42 Å². The van der Waals surface area contributed by atoms with Gasteiger partial charge in [0.25, 0.3) is 0 Å². The van der Waals surface area contributed by atoms with Crippen molar-refractivity contribution in [3.8, 4) is 22.5 Å². The zero-order chi connectivity index (χ0) is 19.5. The lowest BCUT2D eigenvalue weighted by Gasteiger charge is -1.96. The molecule has 0 aliphatic rings. The Morgan fingerprint density at radius 1 is 0.586 bits per heavy atom. The van der Waals surface area contributed by atoms with Crippen LogP contribution in [-0.2, 0) is 12.8 Å². The summed E-state index contributed by atoms with van der Waals surface area (Å²) in [5, 5.41) is 6.33. The van der Waals surface area contributed by atoms with E-state index in [1.165, 1.54) is 0 Å². The van der Waals surface area contributed by atoms with E-state index in [9.17, 15) is 0 Å². The quantitative estimate of drug-likeness (QED) is 0.310. The van der Waals surface area contributed by atoms with Crippen molar-refractivity contribution in [2.24, 2.45) is 0 Å². The maximum absolute atomic E-state index is 6.05. The zero-order valence-corrected chi connectivity index (χ0v) is 17.2. The highest BCUT2D eigenvalue weighted by molar-refractivity contribution is 7.10. The van der Waals surface area contributed by atoms with Crippen molar-refractivity contribution >= 4 is 22.7 Å². The van der Waals surface area contributed by atoms with E-state index >= 15 is 0 Å². The Hall–Kier alpha value is -3.02. The molecule has 0 radical (unpaired) electrons. The molecule has 0 atom stereocenters. The van der Waals surface area contributed by atoms with Gasteiger partial charge >= 0.3 is 0 Å². The number of thiazole rings is 2. The molecule has 3 aromatic heterocycles. The van der Waals surface area contributed by atoms with Crippen LogP contribution in [-0.4, -0.2) is 9.97 Å². The summed E-state index contributed by atoms with van der Waals surface area (Å²) in [4.78, 5) is 9.51. The third-order valence-electron chi connectivity index (χ3n) is 4.61. The molecule has 29 heavy (non-hydrogen) atoms. The molecular formula is C24H18N2OS2. The molecule has 0 spiro atoms. The van der Waals surface area contributed by atoms with Crippen LogP contribution < -0.4 is 0 Å². The molecule has 5 aromatic rings. The number of benzene rings is 2. The minimum atomic E-state index is 0.713. The SMILES string of the molecule is c1ccc(-c2csc(Cc3ccc(Cc4nc(-c5ccccc5)cs4)o3)n2)cc1. The average Bonchev–Trinajstić information content (AvgIpc) is 3.52. The molecule has 0 aliphatic carbocycles. The van der Waals surface area contributed by atoms with E-state index in [-0.39, 0.29) is 0 Å². The Morgan fingerprint density at radius 2 is 1.03 bits per heavy atom. The van der Waals surface area contributed by atoms with Crippen molar-refractivity contribution in [3.05, 3.63) is 105 Å². The lowest BCUT2D eigenvalue weighted by molar-refractivity contribution is 0.481. The Labute approximate surface area is 177 Å². The second kappa shape index (κ2) is 8.15.